The first-order chi connectivity index (χ1) is 17.2. The largest absolute Gasteiger partial charge is 0.494 e. The van der Waals surface area contributed by atoms with E-state index in [1.807, 2.05) is 27.7 Å². The lowest BCUT2D eigenvalue weighted by Crippen LogP contribution is -2.55. The summed E-state index contributed by atoms with van der Waals surface area (Å²) in [5.74, 6) is -0.297. The quantitative estimate of drug-likeness (QED) is 0.414. The predicted molar refractivity (Wildman–Crippen MR) is 149 cm³/mol. The summed E-state index contributed by atoms with van der Waals surface area (Å²) in [6.45, 7) is 9.19. The molecule has 0 aliphatic heterocycles. The molecule has 2 rings (SSSR count). The Bertz CT molecular complexity index is 1200. The van der Waals surface area contributed by atoms with Gasteiger partial charge in [0.1, 0.15) is 18.3 Å². The molecule has 11 heteroatoms. The normalized spacial score (nSPS) is 12.5. The SMILES string of the molecule is CCOc1ccc(N(CC(=O)N(Cc2ccc(Cl)c(Cl)c2)[C@H](CC)C(=O)NC(C)(C)C)S(C)(=O)=O)cc1. The van der Waals surface area contributed by atoms with Crippen LogP contribution in [-0.4, -0.2) is 56.1 Å². The number of sulfonamides is 1. The van der Waals surface area contributed by atoms with Crippen molar-refractivity contribution in [3.63, 3.8) is 0 Å². The predicted octanol–water partition coefficient (Wildman–Crippen LogP) is 4.88. The van der Waals surface area contributed by atoms with Crippen molar-refractivity contribution in [1.82, 2.24) is 10.2 Å². The first kappa shape index (κ1) is 30.7. The van der Waals surface area contributed by atoms with E-state index in [1.54, 1.807) is 49.4 Å². The van der Waals surface area contributed by atoms with Crippen molar-refractivity contribution in [3.8, 4) is 5.75 Å². The van der Waals surface area contributed by atoms with Crippen LogP contribution in [0.2, 0.25) is 10.0 Å². The van der Waals surface area contributed by atoms with E-state index in [-0.39, 0.29) is 12.5 Å². The molecule has 0 spiro atoms. The van der Waals surface area contributed by atoms with Crippen molar-refractivity contribution in [2.24, 2.45) is 0 Å². The number of hydrogen-bond donors (Lipinski definition) is 1. The molecule has 0 bridgehead atoms. The summed E-state index contributed by atoms with van der Waals surface area (Å²) in [5.41, 5.74) is 0.432. The highest BCUT2D eigenvalue weighted by Crippen LogP contribution is 2.26. The minimum atomic E-state index is -3.83. The molecule has 8 nitrogen and oxygen atoms in total. The molecule has 0 saturated carbocycles. The lowest BCUT2D eigenvalue weighted by atomic mass is 10.1. The number of nitrogens with one attached hydrogen (secondary N) is 1. The Balaban J connectivity index is 2.46. The Morgan fingerprint density at radius 2 is 1.65 bits per heavy atom. The molecule has 2 aromatic carbocycles. The van der Waals surface area contributed by atoms with E-state index in [9.17, 15) is 18.0 Å². The van der Waals surface area contributed by atoms with Crippen molar-refractivity contribution in [3.05, 3.63) is 58.1 Å². The number of benzene rings is 2. The number of halogens is 2. The van der Waals surface area contributed by atoms with Crippen LogP contribution in [0.4, 0.5) is 5.69 Å². The van der Waals surface area contributed by atoms with Crippen molar-refractivity contribution in [2.45, 2.75) is 59.2 Å². The minimum absolute atomic E-state index is 0.0344. The molecular weight excluding hydrogens is 537 g/mol. The first-order valence-corrected chi connectivity index (χ1v) is 14.5. The molecule has 0 saturated heterocycles. The van der Waals surface area contributed by atoms with Gasteiger partial charge in [0.15, 0.2) is 0 Å². The summed E-state index contributed by atoms with van der Waals surface area (Å²) in [6.07, 6.45) is 1.35. The zero-order valence-electron chi connectivity index (χ0n) is 22.0. The lowest BCUT2D eigenvalue weighted by Gasteiger charge is -2.34. The van der Waals surface area contributed by atoms with E-state index in [0.29, 0.717) is 40.1 Å². The Kier molecular flexibility index (Phi) is 10.7. The molecule has 1 atom stereocenters. The molecule has 0 unspecified atom stereocenters. The molecule has 204 valence electrons. The number of carbonyl (C=O) groups excluding carboxylic acids is 2. The van der Waals surface area contributed by atoms with Crippen LogP contribution in [0.1, 0.15) is 46.6 Å². The van der Waals surface area contributed by atoms with Crippen molar-refractivity contribution < 1.29 is 22.7 Å². The molecule has 0 aliphatic carbocycles. The summed E-state index contributed by atoms with van der Waals surface area (Å²) in [6, 6.07) is 10.5. The molecular formula is C26H35Cl2N3O5S. The van der Waals surface area contributed by atoms with Crippen molar-refractivity contribution >= 4 is 50.7 Å². The van der Waals surface area contributed by atoms with E-state index in [1.165, 1.54) is 4.90 Å². The molecule has 0 aromatic heterocycles. The number of carbonyl (C=O) groups is 2. The maximum atomic E-state index is 13.7. The maximum Gasteiger partial charge on any atom is 0.244 e. The number of amides is 2. The van der Waals surface area contributed by atoms with Crippen LogP contribution < -0.4 is 14.4 Å². The summed E-state index contributed by atoms with van der Waals surface area (Å²) in [4.78, 5) is 28.3. The van der Waals surface area contributed by atoms with Gasteiger partial charge in [0.05, 0.1) is 28.6 Å². The topological polar surface area (TPSA) is 96.0 Å². The fourth-order valence-electron chi connectivity index (χ4n) is 3.70. The average Bonchev–Trinajstić information content (AvgIpc) is 2.78. The van der Waals surface area contributed by atoms with Crippen molar-refractivity contribution in [1.29, 1.82) is 0 Å². The second-order valence-electron chi connectivity index (χ2n) is 9.63. The van der Waals surface area contributed by atoms with Crippen LogP contribution in [-0.2, 0) is 26.2 Å². The molecule has 2 aromatic rings. The number of ether oxygens (including phenoxy) is 1. The Hall–Kier alpha value is -2.49. The van der Waals surface area contributed by atoms with Gasteiger partial charge in [0.25, 0.3) is 0 Å². The van der Waals surface area contributed by atoms with Gasteiger partial charge in [-0.1, -0.05) is 36.2 Å². The zero-order chi connectivity index (χ0) is 28.0. The summed E-state index contributed by atoms with van der Waals surface area (Å²) in [5, 5.41) is 3.59. The molecule has 2 amide bonds. The highest BCUT2D eigenvalue weighted by atomic mass is 35.5. The smallest absolute Gasteiger partial charge is 0.244 e. The standard InChI is InChI=1S/C26H35Cl2N3O5S/c1-7-23(25(33)29-26(3,4)5)30(16-18-9-14-21(27)22(28)15-18)24(32)17-31(37(6,34)35)19-10-12-20(13-11-19)36-8-2/h9-15,23H,7-8,16-17H2,1-6H3,(H,29,33)/t23-/m1/s1. The number of nitrogens with zero attached hydrogens (tertiary/aromatic N) is 2. The molecule has 0 heterocycles. The van der Waals surface area contributed by atoms with Gasteiger partial charge in [0.2, 0.25) is 21.8 Å². The van der Waals surface area contributed by atoms with Crippen LogP contribution in [0.3, 0.4) is 0 Å². The second-order valence-corrected chi connectivity index (χ2v) is 12.4. The summed E-state index contributed by atoms with van der Waals surface area (Å²) in [7, 11) is -3.83. The first-order valence-electron chi connectivity index (χ1n) is 11.9. The van der Waals surface area contributed by atoms with Gasteiger partial charge < -0.3 is 15.0 Å². The third kappa shape index (κ3) is 9.09. The second kappa shape index (κ2) is 12.8. The third-order valence-electron chi connectivity index (χ3n) is 5.34. The van der Waals surface area contributed by atoms with Crippen LogP contribution >= 0.6 is 23.2 Å². The van der Waals surface area contributed by atoms with Crippen LogP contribution in [0, 0.1) is 0 Å². The molecule has 0 fully saturated rings. The lowest BCUT2D eigenvalue weighted by molar-refractivity contribution is -0.141. The summed E-state index contributed by atoms with van der Waals surface area (Å²) < 4.78 is 31.9. The fourth-order valence-corrected chi connectivity index (χ4v) is 4.87. The minimum Gasteiger partial charge on any atom is -0.494 e. The van der Waals surface area contributed by atoms with Gasteiger partial charge in [-0.05, 0) is 76.1 Å². The third-order valence-corrected chi connectivity index (χ3v) is 7.22. The molecule has 37 heavy (non-hydrogen) atoms. The van der Waals surface area contributed by atoms with Gasteiger partial charge in [-0.2, -0.15) is 0 Å². The Labute approximate surface area is 229 Å². The number of hydrogen-bond acceptors (Lipinski definition) is 5. The van der Waals surface area contributed by atoms with Crippen LogP contribution in [0.15, 0.2) is 42.5 Å². The zero-order valence-corrected chi connectivity index (χ0v) is 24.4. The van der Waals surface area contributed by atoms with E-state index < -0.39 is 34.1 Å². The van der Waals surface area contributed by atoms with E-state index in [4.69, 9.17) is 27.9 Å². The maximum absolute atomic E-state index is 13.7. The molecule has 0 aliphatic rings. The van der Waals surface area contributed by atoms with E-state index in [2.05, 4.69) is 5.32 Å². The monoisotopic (exact) mass is 571 g/mol. The van der Waals surface area contributed by atoms with Gasteiger partial charge in [-0.15, -0.1) is 0 Å². The highest BCUT2D eigenvalue weighted by molar-refractivity contribution is 7.92. The van der Waals surface area contributed by atoms with Crippen LogP contribution in [0.25, 0.3) is 0 Å². The van der Waals surface area contributed by atoms with E-state index in [0.717, 1.165) is 10.6 Å². The number of rotatable bonds is 11. The highest BCUT2D eigenvalue weighted by Gasteiger charge is 2.33. The van der Waals surface area contributed by atoms with Crippen molar-refractivity contribution in [2.75, 3.05) is 23.7 Å². The average molecular weight is 573 g/mol. The van der Waals surface area contributed by atoms with Gasteiger partial charge in [-0.3, -0.25) is 13.9 Å². The molecule has 1 N–H and O–H groups in total. The molecule has 0 radical (unpaired) electrons. The van der Waals surface area contributed by atoms with Gasteiger partial charge in [-0.25, -0.2) is 8.42 Å². The van der Waals surface area contributed by atoms with Gasteiger partial charge >= 0.3 is 0 Å². The Morgan fingerprint density at radius 1 is 1.03 bits per heavy atom. The summed E-state index contributed by atoms with van der Waals surface area (Å²) >= 11 is 12.2. The van der Waals surface area contributed by atoms with E-state index >= 15 is 0 Å². The fraction of sp³-hybridized carbons (Fsp3) is 0.462. The number of anilines is 1. The van der Waals surface area contributed by atoms with Crippen LogP contribution in [0.5, 0.6) is 5.75 Å². The Morgan fingerprint density at radius 3 is 2.14 bits per heavy atom. The van der Waals surface area contributed by atoms with Gasteiger partial charge in [0, 0.05) is 12.1 Å².